The molecule has 1 aliphatic carbocycles. The Morgan fingerprint density at radius 3 is 1.87 bits per heavy atom. The molecule has 0 atom stereocenters. The van der Waals surface area contributed by atoms with Crippen molar-refractivity contribution < 1.29 is 0 Å². The summed E-state index contributed by atoms with van der Waals surface area (Å²) < 4.78 is 0. The number of allylic oxidation sites excluding steroid dienone is 3. The minimum atomic E-state index is 0.782. The monoisotopic (exact) mass is 501 g/mol. The SMILES string of the molecule is C=C(C)N=C(/C=C(\C)c1cccc2c1-c1ccccc1C2)c1cc(-c2ccccc2)cc(-c2ccccc2)c1. The highest BCUT2D eigenvalue weighted by Gasteiger charge is 2.21. The van der Waals surface area contributed by atoms with E-state index >= 15 is 0 Å². The molecule has 0 saturated heterocycles. The molecule has 6 rings (SSSR count). The molecule has 188 valence electrons. The Bertz CT molecular complexity index is 1680. The zero-order valence-corrected chi connectivity index (χ0v) is 22.5. The number of rotatable bonds is 6. The zero-order valence-electron chi connectivity index (χ0n) is 22.5. The van der Waals surface area contributed by atoms with E-state index in [0.717, 1.165) is 23.4 Å². The molecule has 5 aromatic carbocycles. The minimum Gasteiger partial charge on any atom is -0.254 e. The molecule has 0 heterocycles. The largest absolute Gasteiger partial charge is 0.254 e. The van der Waals surface area contributed by atoms with E-state index in [1.165, 1.54) is 55.6 Å². The van der Waals surface area contributed by atoms with Crippen LogP contribution in [-0.2, 0) is 6.42 Å². The van der Waals surface area contributed by atoms with Gasteiger partial charge in [-0.05, 0) is 100 Å². The fourth-order valence-corrected chi connectivity index (χ4v) is 5.56. The predicted molar refractivity (Wildman–Crippen MR) is 167 cm³/mol. The summed E-state index contributed by atoms with van der Waals surface area (Å²) in [5.41, 5.74) is 15.4. The third-order valence-corrected chi connectivity index (χ3v) is 7.35. The van der Waals surface area contributed by atoms with Crippen LogP contribution in [-0.4, -0.2) is 5.71 Å². The number of hydrogen-bond donors (Lipinski definition) is 0. The molecule has 1 aliphatic rings. The third kappa shape index (κ3) is 5.04. The second kappa shape index (κ2) is 10.6. The summed E-state index contributed by atoms with van der Waals surface area (Å²) in [6.07, 6.45) is 3.21. The van der Waals surface area contributed by atoms with Gasteiger partial charge in [0.05, 0.1) is 5.71 Å². The van der Waals surface area contributed by atoms with Gasteiger partial charge in [-0.1, -0.05) is 110 Å². The van der Waals surface area contributed by atoms with Crippen molar-refractivity contribution in [3.63, 3.8) is 0 Å². The van der Waals surface area contributed by atoms with E-state index < -0.39 is 0 Å². The summed E-state index contributed by atoms with van der Waals surface area (Å²) in [5.74, 6) is 0. The second-order valence-corrected chi connectivity index (χ2v) is 10.3. The maximum atomic E-state index is 4.97. The van der Waals surface area contributed by atoms with Crippen molar-refractivity contribution in [2.75, 3.05) is 0 Å². The molecule has 0 unspecified atom stereocenters. The van der Waals surface area contributed by atoms with Crippen LogP contribution in [0.3, 0.4) is 0 Å². The Labute approximate surface area is 231 Å². The Kier molecular flexibility index (Phi) is 6.65. The first-order chi connectivity index (χ1) is 19.1. The first kappa shape index (κ1) is 24.6. The summed E-state index contributed by atoms with van der Waals surface area (Å²) >= 11 is 0. The summed E-state index contributed by atoms with van der Waals surface area (Å²) in [7, 11) is 0. The van der Waals surface area contributed by atoms with Gasteiger partial charge in [0.15, 0.2) is 0 Å². The van der Waals surface area contributed by atoms with Crippen LogP contribution in [0.4, 0.5) is 0 Å². The van der Waals surface area contributed by atoms with E-state index in [1.807, 2.05) is 6.92 Å². The van der Waals surface area contributed by atoms with Crippen LogP contribution in [0, 0.1) is 0 Å². The quantitative estimate of drug-likeness (QED) is 0.201. The fourth-order valence-electron chi connectivity index (χ4n) is 5.56. The van der Waals surface area contributed by atoms with Crippen molar-refractivity contribution in [2.45, 2.75) is 20.3 Å². The normalized spacial score (nSPS) is 12.7. The first-order valence-corrected chi connectivity index (χ1v) is 13.5. The van der Waals surface area contributed by atoms with Gasteiger partial charge in [0.1, 0.15) is 0 Å². The summed E-state index contributed by atoms with van der Waals surface area (Å²) in [4.78, 5) is 4.97. The van der Waals surface area contributed by atoms with Crippen LogP contribution < -0.4 is 0 Å². The average molecular weight is 502 g/mol. The first-order valence-electron chi connectivity index (χ1n) is 13.5. The van der Waals surface area contributed by atoms with Crippen LogP contribution in [0.25, 0.3) is 39.0 Å². The van der Waals surface area contributed by atoms with Gasteiger partial charge < -0.3 is 0 Å². The highest BCUT2D eigenvalue weighted by molar-refractivity contribution is 6.14. The Balaban J connectivity index is 1.51. The van der Waals surface area contributed by atoms with E-state index in [1.54, 1.807) is 0 Å². The van der Waals surface area contributed by atoms with E-state index in [4.69, 9.17) is 4.99 Å². The maximum Gasteiger partial charge on any atom is 0.0708 e. The predicted octanol–water partition coefficient (Wildman–Crippen LogP) is 10.0. The van der Waals surface area contributed by atoms with Crippen LogP contribution in [0.15, 0.2) is 145 Å². The molecule has 0 amide bonds. The maximum absolute atomic E-state index is 4.97. The molecule has 0 bridgehead atoms. The molecule has 0 fully saturated rings. The Morgan fingerprint density at radius 1 is 0.641 bits per heavy atom. The molecule has 39 heavy (non-hydrogen) atoms. The molecule has 0 saturated carbocycles. The van der Waals surface area contributed by atoms with Crippen molar-refractivity contribution in [3.05, 3.63) is 162 Å². The van der Waals surface area contributed by atoms with E-state index in [9.17, 15) is 0 Å². The molecule has 0 N–H and O–H groups in total. The van der Waals surface area contributed by atoms with E-state index in [2.05, 4.69) is 141 Å². The minimum absolute atomic E-state index is 0.782. The molecular formula is C38H31N. The van der Waals surface area contributed by atoms with Crippen molar-refractivity contribution in [3.8, 4) is 33.4 Å². The van der Waals surface area contributed by atoms with Crippen LogP contribution in [0.5, 0.6) is 0 Å². The third-order valence-electron chi connectivity index (χ3n) is 7.35. The highest BCUT2D eigenvalue weighted by Crippen LogP contribution is 2.41. The second-order valence-electron chi connectivity index (χ2n) is 10.3. The number of nitrogens with zero attached hydrogens (tertiary/aromatic N) is 1. The van der Waals surface area contributed by atoms with Crippen LogP contribution in [0.1, 0.15) is 36.1 Å². The zero-order chi connectivity index (χ0) is 26.8. The summed E-state index contributed by atoms with van der Waals surface area (Å²) in [6.45, 7) is 8.29. The lowest BCUT2D eigenvalue weighted by molar-refractivity contribution is 1.26. The number of hydrogen-bond acceptors (Lipinski definition) is 1. The lowest BCUT2D eigenvalue weighted by atomic mass is 9.91. The molecule has 0 aliphatic heterocycles. The van der Waals surface area contributed by atoms with Gasteiger partial charge >= 0.3 is 0 Å². The topological polar surface area (TPSA) is 12.4 Å². The molecule has 5 aromatic rings. The van der Waals surface area contributed by atoms with E-state index in [-0.39, 0.29) is 0 Å². The number of fused-ring (bicyclic) bond motifs is 3. The van der Waals surface area contributed by atoms with Crippen molar-refractivity contribution in [1.82, 2.24) is 0 Å². The van der Waals surface area contributed by atoms with Gasteiger partial charge in [-0.25, -0.2) is 0 Å². The average Bonchev–Trinajstić information content (AvgIpc) is 3.36. The molecule has 0 aromatic heterocycles. The summed E-state index contributed by atoms with van der Waals surface area (Å²) in [6, 6.07) is 43.3. The molecular weight excluding hydrogens is 470 g/mol. The van der Waals surface area contributed by atoms with Crippen LogP contribution >= 0.6 is 0 Å². The molecule has 0 radical (unpaired) electrons. The van der Waals surface area contributed by atoms with Gasteiger partial charge in [0.25, 0.3) is 0 Å². The smallest absolute Gasteiger partial charge is 0.0708 e. The van der Waals surface area contributed by atoms with E-state index in [0.29, 0.717) is 0 Å². The van der Waals surface area contributed by atoms with Crippen molar-refractivity contribution in [2.24, 2.45) is 4.99 Å². The van der Waals surface area contributed by atoms with Crippen molar-refractivity contribution >= 4 is 11.3 Å². The van der Waals surface area contributed by atoms with Gasteiger partial charge in [0.2, 0.25) is 0 Å². The lowest BCUT2D eigenvalue weighted by Gasteiger charge is -2.14. The van der Waals surface area contributed by atoms with Crippen LogP contribution in [0.2, 0.25) is 0 Å². The molecule has 1 nitrogen and oxygen atoms in total. The van der Waals surface area contributed by atoms with Gasteiger partial charge in [-0.15, -0.1) is 0 Å². The standard InChI is InChI=1S/C38H31N/c1-26(2)39-37(21-27(3)35-20-12-18-31-22-30-17-10-11-19-36(30)38(31)35)34-24-32(28-13-6-4-7-14-28)23-33(25-34)29-15-8-5-9-16-29/h4-21,23-25H,1,22H2,2-3H3/b27-21+,39-37?. The van der Waals surface area contributed by atoms with Gasteiger partial charge in [0, 0.05) is 11.3 Å². The van der Waals surface area contributed by atoms with Gasteiger partial charge in [-0.2, -0.15) is 0 Å². The lowest BCUT2D eigenvalue weighted by Crippen LogP contribution is -2.01. The number of benzene rings is 5. The summed E-state index contributed by atoms with van der Waals surface area (Å²) in [5, 5.41) is 0. The Hall–Kier alpha value is -4.75. The van der Waals surface area contributed by atoms with Crippen molar-refractivity contribution in [1.29, 1.82) is 0 Å². The van der Waals surface area contributed by atoms with Gasteiger partial charge in [-0.3, -0.25) is 4.99 Å². The molecule has 1 heteroatoms. The molecule has 0 spiro atoms. The number of aliphatic imine (C=N–C) groups is 1. The fraction of sp³-hybridized carbons (Fsp3) is 0.0789. The highest BCUT2D eigenvalue weighted by atomic mass is 14.7. The Morgan fingerprint density at radius 2 is 1.23 bits per heavy atom.